The number of aliphatic hydroxyl groups is 1. The van der Waals surface area contributed by atoms with Crippen LogP contribution >= 0.6 is 15.9 Å². The van der Waals surface area contributed by atoms with Crippen LogP contribution in [-0.4, -0.2) is 47.6 Å². The van der Waals surface area contributed by atoms with Crippen molar-refractivity contribution in [2.75, 3.05) is 20.8 Å². The van der Waals surface area contributed by atoms with Gasteiger partial charge in [0.1, 0.15) is 11.5 Å². The third-order valence-electron chi connectivity index (χ3n) is 5.95. The number of amides is 1. The summed E-state index contributed by atoms with van der Waals surface area (Å²) in [7, 11) is 2.91. The highest BCUT2D eigenvalue weighted by atomic mass is 79.9. The molecule has 1 atom stereocenters. The van der Waals surface area contributed by atoms with E-state index in [0.717, 1.165) is 5.56 Å². The topological polar surface area (TPSA) is 96.3 Å². The van der Waals surface area contributed by atoms with Crippen molar-refractivity contribution in [3.8, 4) is 17.2 Å². The van der Waals surface area contributed by atoms with Crippen LogP contribution in [0.5, 0.6) is 17.2 Å². The number of methoxy groups -OCH3 is 2. The zero-order valence-corrected chi connectivity index (χ0v) is 20.8. The van der Waals surface area contributed by atoms with Gasteiger partial charge in [0.25, 0.3) is 11.7 Å². The molecule has 2 N–H and O–H groups in total. The Hall–Kier alpha value is -3.78. The predicted octanol–water partition coefficient (Wildman–Crippen LogP) is 4.84. The number of rotatable bonds is 7. The second kappa shape index (κ2) is 10.2. The summed E-state index contributed by atoms with van der Waals surface area (Å²) in [6, 6.07) is 18.5. The van der Waals surface area contributed by atoms with Crippen molar-refractivity contribution < 1.29 is 29.3 Å². The lowest BCUT2D eigenvalue weighted by Gasteiger charge is -2.26. The van der Waals surface area contributed by atoms with Crippen LogP contribution in [0.15, 0.2) is 76.8 Å². The maximum atomic E-state index is 13.3. The molecule has 1 saturated heterocycles. The summed E-state index contributed by atoms with van der Waals surface area (Å²) < 4.78 is 10.9. The fraction of sp³-hybridized carbons (Fsp3) is 0.185. The SMILES string of the molecule is COc1cccc(/C(O)=C2\C(=O)C(=O)N(CCc3ccccc3)C2c2cc(Br)c(O)c(OC)c2)c1. The van der Waals surface area contributed by atoms with Crippen LogP contribution in [0.1, 0.15) is 22.7 Å². The molecule has 7 nitrogen and oxygen atoms in total. The average molecular weight is 538 g/mol. The average Bonchev–Trinajstić information content (AvgIpc) is 3.14. The molecule has 1 aliphatic rings. The van der Waals surface area contributed by atoms with E-state index >= 15 is 0 Å². The van der Waals surface area contributed by atoms with Gasteiger partial charge in [0, 0.05) is 12.1 Å². The number of hydrogen-bond acceptors (Lipinski definition) is 6. The van der Waals surface area contributed by atoms with E-state index in [9.17, 15) is 19.8 Å². The molecule has 0 aliphatic carbocycles. The number of phenolic OH excluding ortho intramolecular Hbond substituents is 1. The molecule has 1 fully saturated rings. The molecule has 1 amide bonds. The summed E-state index contributed by atoms with van der Waals surface area (Å²) in [5.74, 6) is -1.24. The molecule has 4 rings (SSSR count). The lowest BCUT2D eigenvalue weighted by Crippen LogP contribution is -2.31. The minimum Gasteiger partial charge on any atom is -0.507 e. The van der Waals surface area contributed by atoms with Crippen LogP contribution in [0.3, 0.4) is 0 Å². The van der Waals surface area contributed by atoms with Crippen LogP contribution in [-0.2, 0) is 16.0 Å². The summed E-state index contributed by atoms with van der Waals surface area (Å²) in [6.45, 7) is 0.245. The summed E-state index contributed by atoms with van der Waals surface area (Å²) in [4.78, 5) is 27.9. The van der Waals surface area contributed by atoms with Crippen molar-refractivity contribution in [2.45, 2.75) is 12.5 Å². The molecule has 180 valence electrons. The molecular formula is C27H24BrNO6. The quantitative estimate of drug-likeness (QED) is 0.254. The number of carbonyl (C=O) groups excluding carboxylic acids is 2. The molecule has 1 heterocycles. The number of phenols is 1. The number of ether oxygens (including phenoxy) is 2. The number of nitrogens with zero attached hydrogens (tertiary/aromatic N) is 1. The van der Waals surface area contributed by atoms with Crippen LogP contribution < -0.4 is 9.47 Å². The van der Waals surface area contributed by atoms with Crippen LogP contribution in [0, 0.1) is 0 Å². The largest absolute Gasteiger partial charge is 0.507 e. The monoisotopic (exact) mass is 537 g/mol. The number of Topliss-reactive ketones (excluding diaryl/α,β-unsaturated/α-hetero) is 1. The number of ketones is 1. The summed E-state index contributed by atoms with van der Waals surface area (Å²) in [6.07, 6.45) is 0.514. The standard InChI is InChI=1S/C27H24BrNO6/c1-34-19-10-6-9-17(13-19)24(30)22-23(18-14-20(28)25(31)21(15-18)35-2)29(27(33)26(22)32)12-11-16-7-4-3-5-8-16/h3-10,13-15,23,30-31H,11-12H2,1-2H3/b24-22+. The first-order valence-electron chi connectivity index (χ1n) is 10.9. The number of hydrogen-bond donors (Lipinski definition) is 2. The van der Waals surface area contributed by atoms with Crippen LogP contribution in [0.25, 0.3) is 5.76 Å². The van der Waals surface area contributed by atoms with Gasteiger partial charge in [0.2, 0.25) is 0 Å². The molecule has 0 aromatic heterocycles. The van der Waals surface area contributed by atoms with Gasteiger partial charge in [0.05, 0.1) is 30.3 Å². The first kappa shape index (κ1) is 24.3. The fourth-order valence-electron chi connectivity index (χ4n) is 4.18. The lowest BCUT2D eigenvalue weighted by molar-refractivity contribution is -0.139. The third kappa shape index (κ3) is 4.74. The second-order valence-corrected chi connectivity index (χ2v) is 8.87. The van der Waals surface area contributed by atoms with E-state index in [1.807, 2.05) is 30.3 Å². The molecule has 0 radical (unpaired) electrons. The predicted molar refractivity (Wildman–Crippen MR) is 135 cm³/mol. The Balaban J connectivity index is 1.86. The van der Waals surface area contributed by atoms with Crippen molar-refractivity contribution in [2.24, 2.45) is 0 Å². The zero-order valence-electron chi connectivity index (χ0n) is 19.2. The van der Waals surface area contributed by atoms with Gasteiger partial charge in [-0.1, -0.05) is 42.5 Å². The van der Waals surface area contributed by atoms with Crippen LogP contribution in [0.4, 0.5) is 0 Å². The number of halogens is 1. The van der Waals surface area contributed by atoms with Gasteiger partial charge in [-0.2, -0.15) is 0 Å². The van der Waals surface area contributed by atoms with Gasteiger partial charge in [-0.15, -0.1) is 0 Å². The Bertz CT molecular complexity index is 1300. The number of aromatic hydroxyl groups is 1. The molecule has 0 saturated carbocycles. The maximum Gasteiger partial charge on any atom is 0.295 e. The van der Waals surface area contributed by atoms with Gasteiger partial charge < -0.3 is 24.6 Å². The van der Waals surface area contributed by atoms with Crippen molar-refractivity contribution in [3.05, 3.63) is 93.5 Å². The highest BCUT2D eigenvalue weighted by molar-refractivity contribution is 9.10. The first-order valence-corrected chi connectivity index (χ1v) is 11.7. The Morgan fingerprint density at radius 1 is 1.00 bits per heavy atom. The normalized spacial score (nSPS) is 17.0. The number of benzene rings is 3. The molecule has 3 aromatic carbocycles. The summed E-state index contributed by atoms with van der Waals surface area (Å²) in [5.41, 5.74) is 1.81. The third-order valence-corrected chi connectivity index (χ3v) is 6.56. The molecular weight excluding hydrogens is 514 g/mol. The summed E-state index contributed by atoms with van der Waals surface area (Å²) >= 11 is 3.32. The molecule has 8 heteroatoms. The van der Waals surface area contributed by atoms with Gasteiger partial charge in [-0.05, 0) is 57.7 Å². The zero-order chi connectivity index (χ0) is 25.1. The van der Waals surface area contributed by atoms with E-state index in [2.05, 4.69) is 15.9 Å². The Kier molecular flexibility index (Phi) is 7.12. The van der Waals surface area contributed by atoms with E-state index in [-0.39, 0.29) is 29.4 Å². The van der Waals surface area contributed by atoms with E-state index in [1.54, 1.807) is 36.4 Å². The van der Waals surface area contributed by atoms with E-state index in [4.69, 9.17) is 9.47 Å². The van der Waals surface area contributed by atoms with E-state index < -0.39 is 17.7 Å². The maximum absolute atomic E-state index is 13.3. The fourth-order valence-corrected chi connectivity index (χ4v) is 4.64. The van der Waals surface area contributed by atoms with Crippen molar-refractivity contribution in [1.29, 1.82) is 0 Å². The Morgan fingerprint density at radius 3 is 2.43 bits per heavy atom. The van der Waals surface area contributed by atoms with Gasteiger partial charge in [0.15, 0.2) is 11.5 Å². The molecule has 1 unspecified atom stereocenters. The molecule has 1 aliphatic heterocycles. The molecule has 0 bridgehead atoms. The van der Waals surface area contributed by atoms with Crippen molar-refractivity contribution >= 4 is 33.4 Å². The van der Waals surface area contributed by atoms with E-state index in [1.165, 1.54) is 19.1 Å². The summed E-state index contributed by atoms with van der Waals surface area (Å²) in [5, 5.41) is 21.5. The molecule has 0 spiro atoms. The van der Waals surface area contributed by atoms with Crippen molar-refractivity contribution in [3.63, 3.8) is 0 Å². The van der Waals surface area contributed by atoms with Crippen molar-refractivity contribution in [1.82, 2.24) is 4.90 Å². The lowest BCUT2D eigenvalue weighted by atomic mass is 9.94. The number of likely N-dealkylation sites (tertiary alicyclic amines) is 1. The minimum absolute atomic E-state index is 0.0454. The number of aliphatic hydroxyl groups excluding tert-OH is 1. The molecule has 35 heavy (non-hydrogen) atoms. The van der Waals surface area contributed by atoms with Crippen LogP contribution in [0.2, 0.25) is 0 Å². The van der Waals surface area contributed by atoms with Gasteiger partial charge in [-0.25, -0.2) is 0 Å². The Morgan fingerprint density at radius 2 is 1.74 bits per heavy atom. The second-order valence-electron chi connectivity index (χ2n) is 8.01. The highest BCUT2D eigenvalue weighted by Crippen LogP contribution is 2.44. The van der Waals surface area contributed by atoms with Gasteiger partial charge in [-0.3, -0.25) is 9.59 Å². The number of carbonyl (C=O) groups is 2. The molecule has 3 aromatic rings. The first-order chi connectivity index (χ1) is 16.8. The van der Waals surface area contributed by atoms with Gasteiger partial charge >= 0.3 is 0 Å². The highest BCUT2D eigenvalue weighted by Gasteiger charge is 2.46. The van der Waals surface area contributed by atoms with E-state index in [0.29, 0.717) is 27.8 Å². The minimum atomic E-state index is -0.893. The Labute approximate surface area is 211 Å². The smallest absolute Gasteiger partial charge is 0.295 e.